The summed E-state index contributed by atoms with van der Waals surface area (Å²) < 4.78 is 2.63. The van der Waals surface area contributed by atoms with Gasteiger partial charge < -0.3 is 9.80 Å². The maximum atomic E-state index is 13.1. The van der Waals surface area contributed by atoms with Gasteiger partial charge in [-0.2, -0.15) is 0 Å². The SMILES string of the molecule is Cn1c(N2CCC(C(=O)N3CCC(Cc4ccccc4)CC3)CC2)cc(=O)n(C)c1=O. The van der Waals surface area contributed by atoms with Crippen LogP contribution < -0.4 is 16.1 Å². The average Bonchev–Trinajstić information content (AvgIpc) is 2.81. The molecule has 3 heterocycles. The van der Waals surface area contributed by atoms with E-state index < -0.39 is 0 Å². The third-order valence-corrected chi connectivity index (χ3v) is 6.96. The zero-order valence-corrected chi connectivity index (χ0v) is 18.5. The van der Waals surface area contributed by atoms with Gasteiger partial charge >= 0.3 is 5.69 Å². The minimum absolute atomic E-state index is 0.0329. The highest BCUT2D eigenvalue weighted by Crippen LogP contribution is 2.27. The zero-order valence-electron chi connectivity index (χ0n) is 18.5. The van der Waals surface area contributed by atoms with E-state index in [0.29, 0.717) is 24.8 Å². The lowest BCUT2D eigenvalue weighted by molar-refractivity contribution is -0.137. The number of rotatable bonds is 4. The van der Waals surface area contributed by atoms with Crippen LogP contribution in [0.25, 0.3) is 0 Å². The van der Waals surface area contributed by atoms with Crippen LogP contribution in [0.15, 0.2) is 46.0 Å². The summed E-state index contributed by atoms with van der Waals surface area (Å²) in [6.45, 7) is 3.06. The van der Waals surface area contributed by atoms with E-state index in [1.165, 1.54) is 23.2 Å². The van der Waals surface area contributed by atoms with E-state index in [4.69, 9.17) is 0 Å². The van der Waals surface area contributed by atoms with Crippen molar-refractivity contribution in [2.45, 2.75) is 32.1 Å². The molecular formula is C24H32N4O3. The largest absolute Gasteiger partial charge is 0.358 e. The van der Waals surface area contributed by atoms with Crippen molar-refractivity contribution < 1.29 is 4.79 Å². The maximum absolute atomic E-state index is 13.1. The molecule has 0 N–H and O–H groups in total. The number of amides is 1. The number of carbonyl (C=O) groups is 1. The standard InChI is InChI=1S/C24H32N4O3/c1-25-21(17-22(29)26(2)24(25)31)27-14-10-20(11-15-27)23(30)28-12-8-19(9-13-28)16-18-6-4-3-5-7-18/h3-7,17,19-20H,8-16H2,1-2H3. The van der Waals surface area contributed by atoms with E-state index in [1.54, 1.807) is 7.05 Å². The van der Waals surface area contributed by atoms with Gasteiger partial charge in [0.05, 0.1) is 0 Å². The highest BCUT2D eigenvalue weighted by molar-refractivity contribution is 5.79. The highest BCUT2D eigenvalue weighted by atomic mass is 16.2. The average molecular weight is 425 g/mol. The molecular weight excluding hydrogens is 392 g/mol. The molecule has 0 radical (unpaired) electrons. The minimum Gasteiger partial charge on any atom is -0.358 e. The van der Waals surface area contributed by atoms with Crippen LogP contribution in [0.4, 0.5) is 5.82 Å². The van der Waals surface area contributed by atoms with Gasteiger partial charge in [0.1, 0.15) is 5.82 Å². The molecule has 0 spiro atoms. The van der Waals surface area contributed by atoms with Crippen LogP contribution in [-0.4, -0.2) is 46.1 Å². The molecule has 2 aliphatic rings. The lowest BCUT2D eigenvalue weighted by Gasteiger charge is -2.38. The molecule has 2 aliphatic heterocycles. The molecule has 0 aliphatic carbocycles. The molecule has 1 amide bonds. The maximum Gasteiger partial charge on any atom is 0.332 e. The lowest BCUT2D eigenvalue weighted by atomic mass is 9.88. The van der Waals surface area contributed by atoms with Gasteiger partial charge in [0.25, 0.3) is 5.56 Å². The Morgan fingerprint density at radius 1 is 0.903 bits per heavy atom. The first-order valence-corrected chi connectivity index (χ1v) is 11.3. The highest BCUT2D eigenvalue weighted by Gasteiger charge is 2.31. The first-order chi connectivity index (χ1) is 14.9. The fourth-order valence-electron chi connectivity index (χ4n) is 4.94. The summed E-state index contributed by atoms with van der Waals surface area (Å²) in [6, 6.07) is 12.1. The summed E-state index contributed by atoms with van der Waals surface area (Å²) in [5, 5.41) is 0. The number of hydrogen-bond acceptors (Lipinski definition) is 4. The number of likely N-dealkylation sites (tertiary alicyclic amines) is 1. The molecule has 2 fully saturated rings. The lowest BCUT2D eigenvalue weighted by Crippen LogP contribution is -2.47. The molecule has 2 aromatic rings. The third-order valence-electron chi connectivity index (χ3n) is 6.96. The summed E-state index contributed by atoms with van der Waals surface area (Å²) in [5.41, 5.74) is 0.763. The van der Waals surface area contributed by atoms with Crippen molar-refractivity contribution in [1.29, 1.82) is 0 Å². The van der Waals surface area contributed by atoms with Crippen molar-refractivity contribution in [3.8, 4) is 0 Å². The molecule has 1 aromatic carbocycles. The fourth-order valence-corrected chi connectivity index (χ4v) is 4.94. The van der Waals surface area contributed by atoms with Crippen LogP contribution in [-0.2, 0) is 25.3 Å². The van der Waals surface area contributed by atoms with Gasteiger partial charge in [-0.25, -0.2) is 4.79 Å². The zero-order chi connectivity index (χ0) is 22.0. The van der Waals surface area contributed by atoms with Crippen LogP contribution in [0.1, 0.15) is 31.2 Å². The predicted molar refractivity (Wildman–Crippen MR) is 121 cm³/mol. The second-order valence-corrected chi connectivity index (χ2v) is 8.96. The van der Waals surface area contributed by atoms with Crippen LogP contribution in [0.3, 0.4) is 0 Å². The number of benzene rings is 1. The first kappa shape index (κ1) is 21.4. The Labute approximate surface area is 182 Å². The topological polar surface area (TPSA) is 67.6 Å². The number of hydrogen-bond donors (Lipinski definition) is 0. The van der Waals surface area contributed by atoms with E-state index in [1.807, 2.05) is 6.07 Å². The Hall–Kier alpha value is -2.83. The number of piperidine rings is 2. The summed E-state index contributed by atoms with van der Waals surface area (Å²) in [5.74, 6) is 1.59. The van der Waals surface area contributed by atoms with Crippen molar-refractivity contribution in [1.82, 2.24) is 14.0 Å². The Morgan fingerprint density at radius 3 is 2.19 bits per heavy atom. The molecule has 4 rings (SSSR count). The Bertz CT molecular complexity index is 1030. The van der Waals surface area contributed by atoms with Crippen molar-refractivity contribution in [2.75, 3.05) is 31.1 Å². The predicted octanol–water partition coefficient (Wildman–Crippen LogP) is 1.78. The van der Waals surface area contributed by atoms with E-state index >= 15 is 0 Å². The summed E-state index contributed by atoms with van der Waals surface area (Å²) in [4.78, 5) is 41.4. The minimum atomic E-state index is -0.320. The Morgan fingerprint density at radius 2 is 1.55 bits per heavy atom. The van der Waals surface area contributed by atoms with Gasteiger partial charge in [0, 0.05) is 52.3 Å². The van der Waals surface area contributed by atoms with Crippen LogP contribution in [0, 0.1) is 11.8 Å². The van der Waals surface area contributed by atoms with Gasteiger partial charge in [-0.1, -0.05) is 30.3 Å². The number of nitrogens with zero attached hydrogens (tertiary/aromatic N) is 4. The van der Waals surface area contributed by atoms with E-state index in [9.17, 15) is 14.4 Å². The molecule has 0 unspecified atom stereocenters. The van der Waals surface area contributed by atoms with Gasteiger partial charge in [-0.05, 0) is 43.6 Å². The Kier molecular flexibility index (Phi) is 6.30. The molecule has 7 nitrogen and oxygen atoms in total. The van der Waals surface area contributed by atoms with E-state index in [0.717, 1.165) is 49.8 Å². The molecule has 1 aromatic heterocycles. The second kappa shape index (κ2) is 9.12. The first-order valence-electron chi connectivity index (χ1n) is 11.3. The van der Waals surface area contributed by atoms with Crippen molar-refractivity contribution in [3.05, 3.63) is 62.8 Å². The quantitative estimate of drug-likeness (QED) is 0.751. The molecule has 166 valence electrons. The smallest absolute Gasteiger partial charge is 0.332 e. The molecule has 7 heteroatoms. The number of anilines is 1. The van der Waals surface area contributed by atoms with Gasteiger partial charge in [-0.3, -0.25) is 18.7 Å². The Balaban J connectivity index is 1.30. The summed E-state index contributed by atoms with van der Waals surface area (Å²) in [6.07, 6.45) is 4.73. The summed E-state index contributed by atoms with van der Waals surface area (Å²) in [7, 11) is 3.18. The molecule has 2 saturated heterocycles. The normalized spacial score (nSPS) is 18.4. The molecule has 31 heavy (non-hydrogen) atoms. The third kappa shape index (κ3) is 4.60. The second-order valence-electron chi connectivity index (χ2n) is 8.96. The van der Waals surface area contributed by atoms with E-state index in [2.05, 4.69) is 34.1 Å². The van der Waals surface area contributed by atoms with Crippen molar-refractivity contribution >= 4 is 11.7 Å². The molecule has 0 saturated carbocycles. The number of aromatic nitrogens is 2. The van der Waals surface area contributed by atoms with Gasteiger partial charge in [0.15, 0.2) is 0 Å². The van der Waals surface area contributed by atoms with Crippen molar-refractivity contribution in [2.24, 2.45) is 25.9 Å². The van der Waals surface area contributed by atoms with Crippen LogP contribution in [0.2, 0.25) is 0 Å². The summed E-state index contributed by atoms with van der Waals surface area (Å²) >= 11 is 0. The monoisotopic (exact) mass is 424 g/mol. The molecule has 0 bridgehead atoms. The molecule has 0 atom stereocenters. The number of carbonyl (C=O) groups excluding carboxylic acids is 1. The fraction of sp³-hybridized carbons (Fsp3) is 0.542. The van der Waals surface area contributed by atoms with Gasteiger partial charge in [-0.15, -0.1) is 0 Å². The van der Waals surface area contributed by atoms with Crippen LogP contribution >= 0.6 is 0 Å². The van der Waals surface area contributed by atoms with Gasteiger partial charge in [0.2, 0.25) is 5.91 Å². The van der Waals surface area contributed by atoms with Crippen LogP contribution in [0.5, 0.6) is 0 Å². The van der Waals surface area contributed by atoms with E-state index in [-0.39, 0.29) is 23.1 Å². The van der Waals surface area contributed by atoms with Crippen molar-refractivity contribution in [3.63, 3.8) is 0 Å².